The minimum absolute atomic E-state index is 0.771. The SMILES string of the molecule is c1ccc(-c2cncc(N3CC4CCC(CNC4)C3)c2)cc1. The quantitative estimate of drug-likeness (QED) is 0.921. The number of nitrogens with zero attached hydrogens (tertiary/aromatic N) is 2. The van der Waals surface area contributed by atoms with Crippen molar-refractivity contribution >= 4 is 5.69 Å². The molecule has 2 unspecified atom stereocenters. The Hall–Kier alpha value is -1.87. The summed E-state index contributed by atoms with van der Waals surface area (Å²) in [5.41, 5.74) is 3.74. The molecule has 3 nitrogen and oxygen atoms in total. The highest BCUT2D eigenvalue weighted by Crippen LogP contribution is 2.29. The zero-order valence-corrected chi connectivity index (χ0v) is 12.9. The topological polar surface area (TPSA) is 28.2 Å². The van der Waals surface area contributed by atoms with E-state index >= 15 is 0 Å². The summed E-state index contributed by atoms with van der Waals surface area (Å²) in [6.45, 7) is 4.64. The highest BCUT2D eigenvalue weighted by molar-refractivity contribution is 5.67. The minimum atomic E-state index is 0.771. The van der Waals surface area contributed by atoms with Crippen LogP contribution in [0.1, 0.15) is 12.8 Å². The van der Waals surface area contributed by atoms with Gasteiger partial charge in [-0.25, -0.2) is 0 Å². The van der Waals surface area contributed by atoms with Crippen molar-refractivity contribution in [1.82, 2.24) is 10.3 Å². The molecule has 4 rings (SSSR count). The standard InChI is InChI=1S/C19H23N3/c1-2-4-17(5-3-1)18-8-19(12-21-11-18)22-13-15-6-7-16(14-22)10-20-9-15/h1-5,8,11-12,15-16,20H,6-7,9-10,13-14H2. The van der Waals surface area contributed by atoms with Gasteiger partial charge in [0.1, 0.15) is 0 Å². The van der Waals surface area contributed by atoms with Crippen LogP contribution in [-0.2, 0) is 0 Å². The smallest absolute Gasteiger partial charge is 0.0559 e. The van der Waals surface area contributed by atoms with Gasteiger partial charge >= 0.3 is 0 Å². The number of fused-ring (bicyclic) bond motifs is 3. The summed E-state index contributed by atoms with van der Waals surface area (Å²) in [4.78, 5) is 7.06. The summed E-state index contributed by atoms with van der Waals surface area (Å²) in [5.74, 6) is 1.54. The first kappa shape index (κ1) is 13.8. The monoisotopic (exact) mass is 293 g/mol. The van der Waals surface area contributed by atoms with Gasteiger partial charge < -0.3 is 10.2 Å². The molecule has 2 fully saturated rings. The average Bonchev–Trinajstić information content (AvgIpc) is 2.90. The molecule has 0 amide bonds. The van der Waals surface area contributed by atoms with Crippen molar-refractivity contribution in [2.45, 2.75) is 12.8 Å². The number of anilines is 1. The second-order valence-corrected chi connectivity index (χ2v) is 6.67. The van der Waals surface area contributed by atoms with Crippen molar-refractivity contribution in [3.05, 3.63) is 48.8 Å². The van der Waals surface area contributed by atoms with Crippen molar-refractivity contribution < 1.29 is 0 Å². The number of hydrogen-bond acceptors (Lipinski definition) is 3. The van der Waals surface area contributed by atoms with Gasteiger partial charge in [-0.05, 0) is 49.4 Å². The van der Waals surface area contributed by atoms with E-state index in [1.54, 1.807) is 0 Å². The Bertz CT molecular complexity index is 612. The van der Waals surface area contributed by atoms with E-state index in [1.165, 1.54) is 42.7 Å². The third kappa shape index (κ3) is 2.86. The van der Waals surface area contributed by atoms with Crippen LogP contribution < -0.4 is 10.2 Å². The van der Waals surface area contributed by atoms with E-state index in [-0.39, 0.29) is 0 Å². The summed E-state index contributed by atoms with van der Waals surface area (Å²) in [7, 11) is 0. The molecule has 1 aromatic heterocycles. The van der Waals surface area contributed by atoms with Crippen molar-refractivity contribution in [3.63, 3.8) is 0 Å². The third-order valence-corrected chi connectivity index (χ3v) is 5.00. The van der Waals surface area contributed by atoms with E-state index in [0.29, 0.717) is 0 Å². The molecule has 22 heavy (non-hydrogen) atoms. The maximum atomic E-state index is 4.50. The van der Waals surface area contributed by atoms with E-state index < -0.39 is 0 Å². The van der Waals surface area contributed by atoms with E-state index in [0.717, 1.165) is 24.9 Å². The van der Waals surface area contributed by atoms with Crippen LogP contribution in [0, 0.1) is 11.8 Å². The average molecular weight is 293 g/mol. The van der Waals surface area contributed by atoms with Gasteiger partial charge in [0, 0.05) is 24.8 Å². The largest absolute Gasteiger partial charge is 0.370 e. The van der Waals surface area contributed by atoms with Gasteiger partial charge in [0.2, 0.25) is 0 Å². The van der Waals surface area contributed by atoms with Crippen molar-refractivity contribution in [2.24, 2.45) is 11.8 Å². The second-order valence-electron chi connectivity index (χ2n) is 6.67. The highest BCUT2D eigenvalue weighted by atomic mass is 15.2. The van der Waals surface area contributed by atoms with Gasteiger partial charge in [0.15, 0.2) is 0 Å². The molecule has 0 spiro atoms. The molecule has 2 atom stereocenters. The van der Waals surface area contributed by atoms with E-state index in [1.807, 2.05) is 12.4 Å². The number of pyridine rings is 1. The summed E-state index contributed by atoms with van der Waals surface area (Å²) in [6, 6.07) is 12.8. The van der Waals surface area contributed by atoms with Crippen molar-refractivity contribution in [2.75, 3.05) is 31.1 Å². The molecule has 0 aliphatic carbocycles. The lowest BCUT2D eigenvalue weighted by atomic mass is 10.0. The van der Waals surface area contributed by atoms with Crippen LogP contribution in [0.25, 0.3) is 11.1 Å². The van der Waals surface area contributed by atoms with Gasteiger partial charge in [0.05, 0.1) is 11.9 Å². The Labute approximate surface area is 132 Å². The molecule has 2 aliphatic heterocycles. The van der Waals surface area contributed by atoms with Crippen molar-refractivity contribution in [1.29, 1.82) is 0 Å². The Balaban J connectivity index is 1.62. The molecular formula is C19H23N3. The van der Waals surface area contributed by atoms with Crippen LogP contribution in [0.15, 0.2) is 48.8 Å². The molecule has 114 valence electrons. The summed E-state index contributed by atoms with van der Waals surface area (Å²) in [6.07, 6.45) is 6.72. The summed E-state index contributed by atoms with van der Waals surface area (Å²) >= 11 is 0. The Morgan fingerprint density at radius 2 is 1.64 bits per heavy atom. The lowest BCUT2D eigenvalue weighted by Gasteiger charge is -2.31. The van der Waals surface area contributed by atoms with Gasteiger partial charge in [-0.3, -0.25) is 4.98 Å². The molecule has 0 radical (unpaired) electrons. The molecule has 2 saturated heterocycles. The molecule has 1 aromatic carbocycles. The summed E-state index contributed by atoms with van der Waals surface area (Å²) < 4.78 is 0. The normalized spacial score (nSPS) is 24.8. The highest BCUT2D eigenvalue weighted by Gasteiger charge is 2.27. The third-order valence-electron chi connectivity index (χ3n) is 5.00. The number of benzene rings is 1. The molecule has 2 bridgehead atoms. The Morgan fingerprint density at radius 3 is 2.36 bits per heavy atom. The van der Waals surface area contributed by atoms with Crippen LogP contribution in [0.2, 0.25) is 0 Å². The molecule has 3 heteroatoms. The number of nitrogens with one attached hydrogen (secondary N) is 1. The van der Waals surface area contributed by atoms with Gasteiger partial charge in [-0.2, -0.15) is 0 Å². The molecule has 3 heterocycles. The number of hydrogen-bond donors (Lipinski definition) is 1. The van der Waals surface area contributed by atoms with Gasteiger partial charge in [-0.15, -0.1) is 0 Å². The molecule has 2 aromatic rings. The van der Waals surface area contributed by atoms with Gasteiger partial charge in [0.25, 0.3) is 0 Å². The van der Waals surface area contributed by atoms with E-state index in [4.69, 9.17) is 0 Å². The first-order valence-electron chi connectivity index (χ1n) is 8.34. The van der Waals surface area contributed by atoms with Crippen LogP contribution in [0.5, 0.6) is 0 Å². The lowest BCUT2D eigenvalue weighted by Crippen LogP contribution is -2.40. The Morgan fingerprint density at radius 1 is 0.909 bits per heavy atom. The molecule has 1 N–H and O–H groups in total. The van der Waals surface area contributed by atoms with Crippen LogP contribution in [-0.4, -0.2) is 31.2 Å². The number of aromatic nitrogens is 1. The zero-order chi connectivity index (χ0) is 14.8. The van der Waals surface area contributed by atoms with E-state index in [9.17, 15) is 0 Å². The predicted octanol–water partition coefficient (Wildman–Crippen LogP) is 3.18. The predicted molar refractivity (Wildman–Crippen MR) is 91.0 cm³/mol. The second kappa shape index (κ2) is 6.09. The number of rotatable bonds is 2. The first-order valence-corrected chi connectivity index (χ1v) is 8.34. The fourth-order valence-corrected chi connectivity index (χ4v) is 3.78. The lowest BCUT2D eigenvalue weighted by molar-refractivity contribution is 0.459. The Kier molecular flexibility index (Phi) is 3.81. The van der Waals surface area contributed by atoms with Crippen LogP contribution in [0.3, 0.4) is 0 Å². The van der Waals surface area contributed by atoms with Crippen molar-refractivity contribution in [3.8, 4) is 11.1 Å². The molecule has 0 saturated carbocycles. The molecule has 2 aliphatic rings. The van der Waals surface area contributed by atoms with Crippen LogP contribution >= 0.6 is 0 Å². The molecular weight excluding hydrogens is 270 g/mol. The summed E-state index contributed by atoms with van der Waals surface area (Å²) in [5, 5.41) is 3.62. The maximum Gasteiger partial charge on any atom is 0.0559 e. The van der Waals surface area contributed by atoms with Crippen LogP contribution in [0.4, 0.5) is 5.69 Å². The fourth-order valence-electron chi connectivity index (χ4n) is 3.78. The first-order chi connectivity index (χ1) is 10.9. The minimum Gasteiger partial charge on any atom is -0.370 e. The zero-order valence-electron chi connectivity index (χ0n) is 12.9. The van der Waals surface area contributed by atoms with Gasteiger partial charge in [-0.1, -0.05) is 30.3 Å². The maximum absolute atomic E-state index is 4.50. The van der Waals surface area contributed by atoms with E-state index in [2.05, 4.69) is 51.6 Å². The fraction of sp³-hybridized carbons (Fsp3) is 0.421.